The summed E-state index contributed by atoms with van der Waals surface area (Å²) in [5.41, 5.74) is 7.92. The van der Waals surface area contributed by atoms with Crippen molar-refractivity contribution >= 4 is 11.1 Å². The van der Waals surface area contributed by atoms with Gasteiger partial charge in [0.25, 0.3) is 0 Å². The summed E-state index contributed by atoms with van der Waals surface area (Å²) >= 11 is 0. The average molecular weight is 260 g/mol. The standard InChI is InChI=1S/C16H24N2O/c1-2-3-4-5-6-9-13(17)12-16-18-14-10-7-8-11-15(14)19-16/h7-8,10-11,13H,2-6,9,12,17H2,1H3. The highest BCUT2D eigenvalue weighted by Crippen LogP contribution is 2.16. The lowest BCUT2D eigenvalue weighted by molar-refractivity contribution is 0.469. The zero-order valence-corrected chi connectivity index (χ0v) is 11.8. The van der Waals surface area contributed by atoms with Crippen LogP contribution in [0.15, 0.2) is 28.7 Å². The Morgan fingerprint density at radius 1 is 1.16 bits per heavy atom. The van der Waals surface area contributed by atoms with Crippen LogP contribution in [-0.4, -0.2) is 11.0 Å². The van der Waals surface area contributed by atoms with Crippen LogP contribution in [0.3, 0.4) is 0 Å². The van der Waals surface area contributed by atoms with Crippen molar-refractivity contribution < 1.29 is 4.42 Å². The molecule has 1 heterocycles. The second-order valence-electron chi connectivity index (χ2n) is 5.24. The molecule has 0 aliphatic heterocycles. The van der Waals surface area contributed by atoms with E-state index < -0.39 is 0 Å². The fraction of sp³-hybridized carbons (Fsp3) is 0.562. The first kappa shape index (κ1) is 14.1. The van der Waals surface area contributed by atoms with Gasteiger partial charge in [0.05, 0.1) is 0 Å². The molecule has 0 saturated carbocycles. The smallest absolute Gasteiger partial charge is 0.197 e. The van der Waals surface area contributed by atoms with E-state index in [1.165, 1.54) is 32.1 Å². The van der Waals surface area contributed by atoms with Crippen LogP contribution in [-0.2, 0) is 6.42 Å². The number of para-hydroxylation sites is 2. The Kier molecular flexibility index (Phi) is 5.40. The van der Waals surface area contributed by atoms with Crippen molar-refractivity contribution in [2.45, 2.75) is 57.9 Å². The largest absolute Gasteiger partial charge is 0.441 e. The maximum absolute atomic E-state index is 6.14. The Hall–Kier alpha value is -1.35. The molecule has 0 aliphatic carbocycles. The molecule has 1 aromatic carbocycles. The molecular formula is C16H24N2O. The van der Waals surface area contributed by atoms with Crippen LogP contribution in [0.2, 0.25) is 0 Å². The third-order valence-corrected chi connectivity index (χ3v) is 3.45. The number of rotatable bonds is 8. The van der Waals surface area contributed by atoms with Gasteiger partial charge in [0.15, 0.2) is 11.5 Å². The fourth-order valence-corrected chi connectivity index (χ4v) is 2.34. The number of hydrogen-bond donors (Lipinski definition) is 1. The highest BCUT2D eigenvalue weighted by Gasteiger charge is 2.10. The summed E-state index contributed by atoms with van der Waals surface area (Å²) in [7, 11) is 0. The lowest BCUT2D eigenvalue weighted by Gasteiger charge is -2.08. The van der Waals surface area contributed by atoms with Crippen LogP contribution >= 0.6 is 0 Å². The molecule has 19 heavy (non-hydrogen) atoms. The summed E-state index contributed by atoms with van der Waals surface area (Å²) in [6.45, 7) is 2.24. The SMILES string of the molecule is CCCCCCCC(N)Cc1nc2ccccc2o1. The van der Waals surface area contributed by atoms with Crippen LogP contribution in [0.4, 0.5) is 0 Å². The Balaban J connectivity index is 1.76. The van der Waals surface area contributed by atoms with Gasteiger partial charge in [0.1, 0.15) is 5.52 Å². The van der Waals surface area contributed by atoms with Crippen LogP contribution in [0.25, 0.3) is 11.1 Å². The van der Waals surface area contributed by atoms with Gasteiger partial charge < -0.3 is 10.2 Å². The molecule has 2 rings (SSSR count). The second-order valence-corrected chi connectivity index (χ2v) is 5.24. The van der Waals surface area contributed by atoms with Gasteiger partial charge in [-0.1, -0.05) is 51.2 Å². The van der Waals surface area contributed by atoms with Crippen molar-refractivity contribution in [3.63, 3.8) is 0 Å². The summed E-state index contributed by atoms with van der Waals surface area (Å²) in [4.78, 5) is 4.46. The average Bonchev–Trinajstić information content (AvgIpc) is 2.80. The van der Waals surface area contributed by atoms with E-state index in [-0.39, 0.29) is 6.04 Å². The summed E-state index contributed by atoms with van der Waals surface area (Å²) in [6, 6.07) is 8.02. The minimum absolute atomic E-state index is 0.162. The number of unbranched alkanes of at least 4 members (excludes halogenated alkanes) is 4. The third kappa shape index (κ3) is 4.35. The molecule has 3 nitrogen and oxygen atoms in total. The molecule has 3 heteroatoms. The number of oxazole rings is 1. The maximum atomic E-state index is 6.14. The first-order valence-corrected chi connectivity index (χ1v) is 7.39. The summed E-state index contributed by atoms with van der Waals surface area (Å²) in [6.07, 6.45) is 8.24. The predicted octanol–water partition coefficient (Wildman–Crippen LogP) is 4.06. The number of benzene rings is 1. The Morgan fingerprint density at radius 3 is 2.74 bits per heavy atom. The van der Waals surface area contributed by atoms with Crippen molar-refractivity contribution in [3.05, 3.63) is 30.2 Å². The van der Waals surface area contributed by atoms with E-state index in [4.69, 9.17) is 10.2 Å². The molecular weight excluding hydrogens is 236 g/mol. The molecule has 0 spiro atoms. The van der Waals surface area contributed by atoms with Gasteiger partial charge in [-0.05, 0) is 18.6 Å². The van der Waals surface area contributed by atoms with Gasteiger partial charge >= 0.3 is 0 Å². The highest BCUT2D eigenvalue weighted by atomic mass is 16.3. The summed E-state index contributed by atoms with van der Waals surface area (Å²) < 4.78 is 5.69. The molecule has 0 radical (unpaired) electrons. The van der Waals surface area contributed by atoms with Crippen molar-refractivity contribution in [2.75, 3.05) is 0 Å². The van der Waals surface area contributed by atoms with E-state index in [1.807, 2.05) is 24.3 Å². The predicted molar refractivity (Wildman–Crippen MR) is 79.1 cm³/mol. The Morgan fingerprint density at radius 2 is 1.95 bits per heavy atom. The minimum atomic E-state index is 0.162. The second kappa shape index (κ2) is 7.29. The van der Waals surface area contributed by atoms with E-state index in [1.54, 1.807) is 0 Å². The fourth-order valence-electron chi connectivity index (χ4n) is 2.34. The summed E-state index contributed by atoms with van der Waals surface area (Å²) in [5, 5.41) is 0. The molecule has 2 N–H and O–H groups in total. The lowest BCUT2D eigenvalue weighted by Crippen LogP contribution is -2.22. The Bertz CT molecular complexity index is 459. The van der Waals surface area contributed by atoms with Gasteiger partial charge in [0, 0.05) is 12.5 Å². The van der Waals surface area contributed by atoms with Gasteiger partial charge in [-0.2, -0.15) is 0 Å². The van der Waals surface area contributed by atoms with Gasteiger partial charge in [-0.3, -0.25) is 0 Å². The van der Waals surface area contributed by atoms with Crippen molar-refractivity contribution in [3.8, 4) is 0 Å². The number of aromatic nitrogens is 1. The third-order valence-electron chi connectivity index (χ3n) is 3.45. The van der Waals surface area contributed by atoms with E-state index in [2.05, 4.69) is 11.9 Å². The number of nitrogens with two attached hydrogens (primary N) is 1. The number of nitrogens with zero attached hydrogens (tertiary/aromatic N) is 1. The first-order chi connectivity index (χ1) is 9.29. The zero-order chi connectivity index (χ0) is 13.5. The molecule has 1 atom stereocenters. The van der Waals surface area contributed by atoms with Gasteiger partial charge in [0.2, 0.25) is 0 Å². The van der Waals surface area contributed by atoms with E-state index >= 15 is 0 Å². The minimum Gasteiger partial charge on any atom is -0.441 e. The zero-order valence-electron chi connectivity index (χ0n) is 11.8. The van der Waals surface area contributed by atoms with E-state index in [9.17, 15) is 0 Å². The van der Waals surface area contributed by atoms with Crippen LogP contribution in [0.5, 0.6) is 0 Å². The Labute approximate surface area is 115 Å². The molecule has 2 aromatic rings. The van der Waals surface area contributed by atoms with Crippen molar-refractivity contribution in [1.82, 2.24) is 4.98 Å². The van der Waals surface area contributed by atoms with Crippen LogP contribution in [0, 0.1) is 0 Å². The van der Waals surface area contributed by atoms with Crippen molar-refractivity contribution in [2.24, 2.45) is 5.73 Å². The molecule has 0 fully saturated rings. The van der Waals surface area contributed by atoms with E-state index in [0.29, 0.717) is 0 Å². The monoisotopic (exact) mass is 260 g/mol. The van der Waals surface area contributed by atoms with Gasteiger partial charge in [-0.25, -0.2) is 4.98 Å². The number of fused-ring (bicyclic) bond motifs is 1. The summed E-state index contributed by atoms with van der Waals surface area (Å²) in [5.74, 6) is 0.766. The lowest BCUT2D eigenvalue weighted by atomic mass is 10.0. The van der Waals surface area contributed by atoms with Crippen molar-refractivity contribution in [1.29, 1.82) is 0 Å². The molecule has 0 saturated heterocycles. The molecule has 1 aromatic heterocycles. The highest BCUT2D eigenvalue weighted by molar-refractivity contribution is 5.72. The molecule has 0 amide bonds. The van der Waals surface area contributed by atoms with Crippen LogP contribution in [0.1, 0.15) is 51.3 Å². The molecule has 104 valence electrons. The van der Waals surface area contributed by atoms with E-state index in [0.717, 1.165) is 29.8 Å². The molecule has 1 unspecified atom stereocenters. The topological polar surface area (TPSA) is 52.0 Å². The van der Waals surface area contributed by atoms with Gasteiger partial charge in [-0.15, -0.1) is 0 Å². The quantitative estimate of drug-likeness (QED) is 0.728. The number of hydrogen-bond acceptors (Lipinski definition) is 3. The van der Waals surface area contributed by atoms with Crippen LogP contribution < -0.4 is 5.73 Å². The molecule has 0 bridgehead atoms. The first-order valence-electron chi connectivity index (χ1n) is 7.39. The normalized spacial score (nSPS) is 12.9. The molecule has 0 aliphatic rings. The maximum Gasteiger partial charge on any atom is 0.197 e.